The van der Waals surface area contributed by atoms with Crippen molar-refractivity contribution >= 4 is 29.9 Å². The predicted octanol–water partition coefficient (Wildman–Crippen LogP) is 2.23. The Bertz CT molecular complexity index is 466. The summed E-state index contributed by atoms with van der Waals surface area (Å²) in [6.45, 7) is 1.21. The summed E-state index contributed by atoms with van der Waals surface area (Å²) in [5, 5.41) is 0.161. The van der Waals surface area contributed by atoms with Gasteiger partial charge in [-0.3, -0.25) is 4.79 Å². The highest BCUT2D eigenvalue weighted by molar-refractivity contribution is 6.32. The average molecular weight is 323 g/mol. The van der Waals surface area contributed by atoms with Crippen LogP contribution in [0.25, 0.3) is 0 Å². The molecule has 4 nitrogen and oxygen atoms in total. The molecular weight excluding hydrogens is 306 g/mol. The standard InChI is InChI=1S/C13H16ClFN2O2.ClH/c14-11-7-9(15)1-2-12(11)19-8-13(18)17-5-3-10(16)4-6-17;/h1-2,7,10H,3-6,8,16H2;1H. The van der Waals surface area contributed by atoms with E-state index in [4.69, 9.17) is 22.1 Å². The summed E-state index contributed by atoms with van der Waals surface area (Å²) in [5.74, 6) is -0.230. The lowest BCUT2D eigenvalue weighted by Crippen LogP contribution is -2.44. The number of ether oxygens (including phenoxy) is 1. The SMILES string of the molecule is Cl.NC1CCN(C(=O)COc2ccc(F)cc2Cl)CC1. The molecule has 2 rings (SSSR count). The van der Waals surface area contributed by atoms with Gasteiger partial charge in [0.25, 0.3) is 5.91 Å². The fraction of sp³-hybridized carbons (Fsp3) is 0.462. The van der Waals surface area contributed by atoms with E-state index in [2.05, 4.69) is 0 Å². The molecule has 0 aliphatic carbocycles. The molecule has 0 bridgehead atoms. The van der Waals surface area contributed by atoms with E-state index in [0.29, 0.717) is 18.8 Å². The van der Waals surface area contributed by atoms with Gasteiger partial charge in [-0.05, 0) is 31.0 Å². The monoisotopic (exact) mass is 322 g/mol. The lowest BCUT2D eigenvalue weighted by atomic mass is 10.1. The van der Waals surface area contributed by atoms with Gasteiger partial charge in [-0.1, -0.05) is 11.6 Å². The molecule has 1 heterocycles. The highest BCUT2D eigenvalue weighted by Crippen LogP contribution is 2.24. The topological polar surface area (TPSA) is 55.6 Å². The maximum Gasteiger partial charge on any atom is 0.260 e. The Morgan fingerprint density at radius 1 is 1.45 bits per heavy atom. The molecule has 0 spiro atoms. The zero-order valence-electron chi connectivity index (χ0n) is 10.9. The first-order chi connectivity index (χ1) is 9.06. The van der Waals surface area contributed by atoms with E-state index >= 15 is 0 Å². The molecule has 1 aliphatic rings. The minimum Gasteiger partial charge on any atom is -0.482 e. The van der Waals surface area contributed by atoms with Crippen molar-refractivity contribution in [2.45, 2.75) is 18.9 Å². The molecule has 1 aromatic rings. The quantitative estimate of drug-likeness (QED) is 0.928. The number of carbonyl (C=O) groups excluding carboxylic acids is 1. The minimum atomic E-state index is -0.436. The first-order valence-electron chi connectivity index (χ1n) is 6.17. The number of likely N-dealkylation sites (tertiary alicyclic amines) is 1. The molecule has 7 heteroatoms. The van der Waals surface area contributed by atoms with E-state index in [1.807, 2.05) is 0 Å². The van der Waals surface area contributed by atoms with Gasteiger partial charge in [0, 0.05) is 19.1 Å². The van der Waals surface area contributed by atoms with Crippen molar-refractivity contribution in [2.24, 2.45) is 5.73 Å². The smallest absolute Gasteiger partial charge is 0.260 e. The third-order valence-corrected chi connectivity index (χ3v) is 3.43. The average Bonchev–Trinajstić information content (AvgIpc) is 2.38. The summed E-state index contributed by atoms with van der Waals surface area (Å²) in [4.78, 5) is 13.6. The van der Waals surface area contributed by atoms with Crippen LogP contribution < -0.4 is 10.5 Å². The Labute approximate surface area is 128 Å². The highest BCUT2D eigenvalue weighted by atomic mass is 35.5. The van der Waals surface area contributed by atoms with Crippen LogP contribution in [0.4, 0.5) is 4.39 Å². The molecule has 20 heavy (non-hydrogen) atoms. The molecule has 0 radical (unpaired) electrons. The lowest BCUT2D eigenvalue weighted by Gasteiger charge is -2.30. The molecule has 1 fully saturated rings. The third-order valence-electron chi connectivity index (χ3n) is 3.14. The van der Waals surface area contributed by atoms with Gasteiger partial charge in [0.15, 0.2) is 6.61 Å². The maximum atomic E-state index is 12.8. The predicted molar refractivity (Wildman–Crippen MR) is 77.9 cm³/mol. The van der Waals surface area contributed by atoms with E-state index in [1.54, 1.807) is 4.90 Å². The summed E-state index contributed by atoms with van der Waals surface area (Å²) < 4.78 is 18.2. The molecule has 1 aromatic carbocycles. The van der Waals surface area contributed by atoms with Gasteiger partial charge in [-0.2, -0.15) is 0 Å². The van der Waals surface area contributed by atoms with Crippen LogP contribution in [-0.2, 0) is 4.79 Å². The number of nitrogens with two attached hydrogens (primary N) is 1. The number of nitrogens with zero attached hydrogens (tertiary/aromatic N) is 1. The molecule has 1 aliphatic heterocycles. The number of hydrogen-bond acceptors (Lipinski definition) is 3. The molecule has 0 aromatic heterocycles. The van der Waals surface area contributed by atoms with E-state index in [9.17, 15) is 9.18 Å². The molecule has 0 unspecified atom stereocenters. The van der Waals surface area contributed by atoms with Crippen LogP contribution in [0.15, 0.2) is 18.2 Å². The summed E-state index contributed by atoms with van der Waals surface area (Å²) in [7, 11) is 0. The van der Waals surface area contributed by atoms with Crippen LogP contribution in [-0.4, -0.2) is 36.5 Å². The van der Waals surface area contributed by atoms with Gasteiger partial charge in [0.2, 0.25) is 0 Å². The first-order valence-corrected chi connectivity index (χ1v) is 6.55. The number of hydrogen-bond donors (Lipinski definition) is 1. The Hall–Kier alpha value is -1.04. The molecular formula is C13H17Cl2FN2O2. The molecule has 0 atom stereocenters. The summed E-state index contributed by atoms with van der Waals surface area (Å²) in [6, 6.07) is 3.99. The van der Waals surface area contributed by atoms with Crippen molar-refractivity contribution in [1.82, 2.24) is 4.90 Å². The van der Waals surface area contributed by atoms with Crippen LogP contribution in [0.1, 0.15) is 12.8 Å². The van der Waals surface area contributed by atoms with Crippen molar-refractivity contribution in [1.29, 1.82) is 0 Å². The van der Waals surface area contributed by atoms with E-state index in [0.717, 1.165) is 18.9 Å². The zero-order chi connectivity index (χ0) is 13.8. The zero-order valence-corrected chi connectivity index (χ0v) is 12.4. The van der Waals surface area contributed by atoms with E-state index < -0.39 is 5.82 Å². The number of rotatable bonds is 3. The highest BCUT2D eigenvalue weighted by Gasteiger charge is 2.20. The minimum absolute atomic E-state index is 0. The van der Waals surface area contributed by atoms with Crippen molar-refractivity contribution in [3.8, 4) is 5.75 Å². The molecule has 2 N–H and O–H groups in total. The van der Waals surface area contributed by atoms with Crippen molar-refractivity contribution in [3.63, 3.8) is 0 Å². The van der Waals surface area contributed by atoms with Crippen molar-refractivity contribution in [3.05, 3.63) is 29.0 Å². The number of carbonyl (C=O) groups is 1. The van der Waals surface area contributed by atoms with Gasteiger partial charge in [0.1, 0.15) is 11.6 Å². The Kier molecular flexibility index (Phi) is 6.52. The molecule has 0 saturated carbocycles. The number of piperidine rings is 1. The second-order valence-electron chi connectivity index (χ2n) is 4.58. The second kappa shape index (κ2) is 7.67. The number of halogens is 3. The van der Waals surface area contributed by atoms with Gasteiger partial charge >= 0.3 is 0 Å². The third kappa shape index (κ3) is 4.51. The van der Waals surface area contributed by atoms with Crippen molar-refractivity contribution < 1.29 is 13.9 Å². The Balaban J connectivity index is 0.00000200. The van der Waals surface area contributed by atoms with Crippen LogP contribution in [0, 0.1) is 5.82 Å². The number of benzene rings is 1. The largest absolute Gasteiger partial charge is 0.482 e. The summed E-state index contributed by atoms with van der Waals surface area (Å²) in [5.41, 5.74) is 5.77. The van der Waals surface area contributed by atoms with Gasteiger partial charge in [-0.25, -0.2) is 4.39 Å². The fourth-order valence-corrected chi connectivity index (χ4v) is 2.19. The molecule has 112 valence electrons. The number of amides is 1. The van der Waals surface area contributed by atoms with Crippen LogP contribution >= 0.6 is 24.0 Å². The van der Waals surface area contributed by atoms with Crippen LogP contribution in [0.2, 0.25) is 5.02 Å². The fourth-order valence-electron chi connectivity index (χ4n) is 1.97. The maximum absolute atomic E-state index is 12.8. The van der Waals surface area contributed by atoms with Crippen molar-refractivity contribution in [2.75, 3.05) is 19.7 Å². The summed E-state index contributed by atoms with van der Waals surface area (Å²) >= 11 is 5.81. The Morgan fingerprint density at radius 3 is 2.70 bits per heavy atom. The molecule has 1 saturated heterocycles. The van der Waals surface area contributed by atoms with Crippen LogP contribution in [0.5, 0.6) is 5.75 Å². The Morgan fingerprint density at radius 2 is 2.10 bits per heavy atom. The second-order valence-corrected chi connectivity index (χ2v) is 4.99. The summed E-state index contributed by atoms with van der Waals surface area (Å²) in [6.07, 6.45) is 1.62. The van der Waals surface area contributed by atoms with Gasteiger partial charge in [-0.15, -0.1) is 12.4 Å². The molecule has 1 amide bonds. The van der Waals surface area contributed by atoms with Crippen LogP contribution in [0.3, 0.4) is 0 Å². The normalized spacial score (nSPS) is 15.7. The van der Waals surface area contributed by atoms with E-state index in [-0.39, 0.29) is 36.0 Å². The van der Waals surface area contributed by atoms with Gasteiger partial charge < -0.3 is 15.4 Å². The first kappa shape index (κ1) is 17.0. The van der Waals surface area contributed by atoms with E-state index in [1.165, 1.54) is 12.1 Å². The lowest BCUT2D eigenvalue weighted by molar-refractivity contribution is -0.134. The van der Waals surface area contributed by atoms with Gasteiger partial charge in [0.05, 0.1) is 5.02 Å².